The Morgan fingerprint density at radius 2 is 2.00 bits per heavy atom. The SMILES string of the molecule is B/C(C=C)=C(F)/C(O)=C(\C)F. The average Bonchev–Trinajstić information content (AvgIpc) is 2.00. The van der Waals surface area contributed by atoms with Gasteiger partial charge in [-0.1, -0.05) is 18.1 Å². The first-order chi connectivity index (χ1) is 5.00. The molecule has 0 saturated heterocycles. The van der Waals surface area contributed by atoms with Crippen molar-refractivity contribution in [3.8, 4) is 0 Å². The predicted molar refractivity (Wildman–Crippen MR) is 43.3 cm³/mol. The van der Waals surface area contributed by atoms with Gasteiger partial charge in [-0.25, -0.2) is 8.78 Å². The fourth-order valence-corrected chi connectivity index (χ4v) is 0.428. The van der Waals surface area contributed by atoms with E-state index in [2.05, 4.69) is 6.58 Å². The number of halogens is 2. The molecule has 0 aromatic rings. The third-order valence-electron chi connectivity index (χ3n) is 1.19. The van der Waals surface area contributed by atoms with Crippen LogP contribution in [0.15, 0.2) is 35.5 Å². The number of aliphatic hydroxyl groups excluding tert-OH is 1. The quantitative estimate of drug-likeness (QED) is 0.368. The summed E-state index contributed by atoms with van der Waals surface area (Å²) in [5.74, 6) is -2.87. The Kier molecular flexibility index (Phi) is 3.58. The predicted octanol–water partition coefficient (Wildman–Crippen LogP) is 1.75. The Morgan fingerprint density at radius 3 is 2.27 bits per heavy atom. The minimum absolute atomic E-state index is 0.111. The average molecular weight is 158 g/mol. The van der Waals surface area contributed by atoms with Gasteiger partial charge in [-0.15, -0.1) is 0 Å². The Labute approximate surface area is 65.1 Å². The van der Waals surface area contributed by atoms with Crippen LogP contribution in [0.25, 0.3) is 0 Å². The van der Waals surface area contributed by atoms with Crippen molar-refractivity contribution in [3.05, 3.63) is 35.5 Å². The molecule has 0 radical (unpaired) electrons. The van der Waals surface area contributed by atoms with E-state index in [1.165, 1.54) is 13.9 Å². The summed E-state index contributed by atoms with van der Waals surface area (Å²) in [6, 6.07) is 0. The lowest BCUT2D eigenvalue weighted by molar-refractivity contribution is 0.362. The Hall–Kier alpha value is -1.06. The number of hydrogen-bond acceptors (Lipinski definition) is 1. The standard InChI is InChI=1S/C7H9BF2O/c1-3-5(8)6(10)7(11)4(2)9/h3,11H,1,8H2,2H3/b6-5-,7-4-. The maximum Gasteiger partial charge on any atom is 0.182 e. The second kappa shape index (κ2) is 3.96. The van der Waals surface area contributed by atoms with Crippen LogP contribution in [0.1, 0.15) is 6.92 Å². The lowest BCUT2D eigenvalue weighted by atomic mass is 9.94. The van der Waals surface area contributed by atoms with Gasteiger partial charge in [0, 0.05) is 0 Å². The monoisotopic (exact) mass is 158 g/mol. The van der Waals surface area contributed by atoms with Crippen LogP contribution in [0.3, 0.4) is 0 Å². The van der Waals surface area contributed by atoms with Crippen molar-refractivity contribution in [2.75, 3.05) is 0 Å². The maximum atomic E-state index is 12.7. The minimum Gasteiger partial charge on any atom is -0.503 e. The summed E-state index contributed by atoms with van der Waals surface area (Å²) in [5, 5.41) is 8.72. The Balaban J connectivity index is 4.90. The van der Waals surface area contributed by atoms with Crippen LogP contribution in [0.2, 0.25) is 0 Å². The molecule has 0 aromatic heterocycles. The third kappa shape index (κ3) is 2.57. The van der Waals surface area contributed by atoms with E-state index in [-0.39, 0.29) is 5.47 Å². The zero-order valence-electron chi connectivity index (χ0n) is 6.49. The first-order valence-corrected chi connectivity index (χ1v) is 3.05. The number of hydrogen-bond donors (Lipinski definition) is 1. The van der Waals surface area contributed by atoms with Gasteiger partial charge in [0.15, 0.2) is 11.6 Å². The van der Waals surface area contributed by atoms with E-state index in [9.17, 15) is 8.78 Å². The third-order valence-corrected chi connectivity index (χ3v) is 1.19. The lowest BCUT2D eigenvalue weighted by Gasteiger charge is -1.98. The Bertz CT molecular complexity index is 227. The van der Waals surface area contributed by atoms with Gasteiger partial charge in [-0.2, -0.15) is 0 Å². The van der Waals surface area contributed by atoms with E-state index in [0.29, 0.717) is 0 Å². The fourth-order valence-electron chi connectivity index (χ4n) is 0.428. The van der Waals surface area contributed by atoms with E-state index >= 15 is 0 Å². The molecule has 0 spiro atoms. The molecule has 0 unspecified atom stereocenters. The van der Waals surface area contributed by atoms with E-state index in [0.717, 1.165) is 6.92 Å². The molecule has 1 nitrogen and oxygen atoms in total. The molecule has 0 saturated carbocycles. The van der Waals surface area contributed by atoms with E-state index in [1.54, 1.807) is 0 Å². The highest BCUT2D eigenvalue weighted by molar-refractivity contribution is 6.23. The first kappa shape index (κ1) is 9.94. The first-order valence-electron chi connectivity index (χ1n) is 3.05. The van der Waals surface area contributed by atoms with Crippen LogP contribution in [-0.2, 0) is 0 Å². The molecule has 0 atom stereocenters. The van der Waals surface area contributed by atoms with Gasteiger partial charge >= 0.3 is 0 Å². The molecule has 0 amide bonds. The molecule has 0 heterocycles. The summed E-state index contributed by atoms with van der Waals surface area (Å²) >= 11 is 0. The molecule has 0 aromatic carbocycles. The van der Waals surface area contributed by atoms with Gasteiger partial charge in [-0.3, -0.25) is 0 Å². The molecule has 0 fully saturated rings. The van der Waals surface area contributed by atoms with Crippen LogP contribution in [0.4, 0.5) is 8.78 Å². The molecule has 0 bridgehead atoms. The van der Waals surface area contributed by atoms with Gasteiger partial charge in [0.05, 0.1) is 0 Å². The van der Waals surface area contributed by atoms with Crippen molar-refractivity contribution in [2.45, 2.75) is 6.92 Å². The summed E-state index contributed by atoms with van der Waals surface area (Å²) in [7, 11) is 1.39. The van der Waals surface area contributed by atoms with E-state index < -0.39 is 17.4 Å². The molecule has 0 aliphatic heterocycles. The number of aliphatic hydroxyl groups is 1. The summed E-state index contributed by atoms with van der Waals surface area (Å²) < 4.78 is 24.9. The van der Waals surface area contributed by atoms with E-state index in [4.69, 9.17) is 5.11 Å². The molecule has 4 heteroatoms. The molecule has 0 aliphatic carbocycles. The number of allylic oxidation sites excluding steroid dienone is 4. The molecule has 0 rings (SSSR count). The lowest BCUT2D eigenvalue weighted by Crippen LogP contribution is -1.89. The van der Waals surface area contributed by atoms with Crippen molar-refractivity contribution >= 4 is 7.85 Å². The number of rotatable bonds is 2. The van der Waals surface area contributed by atoms with Gasteiger partial charge in [-0.05, 0) is 6.92 Å². The molecule has 0 aliphatic rings. The highest BCUT2D eigenvalue weighted by Gasteiger charge is 2.07. The zero-order chi connectivity index (χ0) is 9.02. The summed E-state index contributed by atoms with van der Waals surface area (Å²) in [6.45, 7) is 4.25. The van der Waals surface area contributed by atoms with Crippen molar-refractivity contribution in [1.29, 1.82) is 0 Å². The topological polar surface area (TPSA) is 20.2 Å². The highest BCUT2D eigenvalue weighted by atomic mass is 19.1. The van der Waals surface area contributed by atoms with Crippen LogP contribution < -0.4 is 0 Å². The molecule has 11 heavy (non-hydrogen) atoms. The Morgan fingerprint density at radius 1 is 1.55 bits per heavy atom. The van der Waals surface area contributed by atoms with Gasteiger partial charge in [0.2, 0.25) is 0 Å². The summed E-state index contributed by atoms with van der Waals surface area (Å²) in [4.78, 5) is 0. The zero-order valence-corrected chi connectivity index (χ0v) is 6.49. The second-order valence-corrected chi connectivity index (χ2v) is 2.08. The van der Waals surface area contributed by atoms with Crippen molar-refractivity contribution < 1.29 is 13.9 Å². The van der Waals surface area contributed by atoms with Crippen molar-refractivity contribution in [3.63, 3.8) is 0 Å². The largest absolute Gasteiger partial charge is 0.503 e. The van der Waals surface area contributed by atoms with Crippen LogP contribution in [0, 0.1) is 0 Å². The minimum atomic E-state index is -0.972. The van der Waals surface area contributed by atoms with Crippen molar-refractivity contribution in [2.24, 2.45) is 0 Å². The van der Waals surface area contributed by atoms with Crippen LogP contribution in [0.5, 0.6) is 0 Å². The summed E-state index contributed by atoms with van der Waals surface area (Å²) in [6.07, 6.45) is 1.20. The second-order valence-electron chi connectivity index (χ2n) is 2.08. The summed E-state index contributed by atoms with van der Waals surface area (Å²) in [5.41, 5.74) is 0.111. The smallest absolute Gasteiger partial charge is 0.182 e. The van der Waals surface area contributed by atoms with E-state index in [1.807, 2.05) is 0 Å². The van der Waals surface area contributed by atoms with Gasteiger partial charge < -0.3 is 5.11 Å². The maximum absolute atomic E-state index is 12.7. The van der Waals surface area contributed by atoms with Crippen LogP contribution in [-0.4, -0.2) is 13.0 Å². The molecular weight excluding hydrogens is 149 g/mol. The van der Waals surface area contributed by atoms with Gasteiger partial charge in [0.25, 0.3) is 0 Å². The van der Waals surface area contributed by atoms with Crippen LogP contribution >= 0.6 is 0 Å². The highest BCUT2D eigenvalue weighted by Crippen LogP contribution is 2.16. The molecule has 60 valence electrons. The van der Waals surface area contributed by atoms with Gasteiger partial charge in [0.1, 0.15) is 13.7 Å². The normalized spacial score (nSPS) is 15.2. The fraction of sp³-hybridized carbons (Fsp3) is 0.143. The molecule has 1 N–H and O–H groups in total. The van der Waals surface area contributed by atoms with Crippen molar-refractivity contribution in [1.82, 2.24) is 0 Å². The molecular formula is C7H9BF2O.